The lowest BCUT2D eigenvalue weighted by Gasteiger charge is -2.32. The van der Waals surface area contributed by atoms with Crippen molar-refractivity contribution in [2.24, 2.45) is 0 Å². The fourth-order valence-corrected chi connectivity index (χ4v) is 4.30. The molecule has 7 heteroatoms. The number of hydrogen-bond acceptors (Lipinski definition) is 5. The van der Waals surface area contributed by atoms with Crippen molar-refractivity contribution in [1.82, 2.24) is 14.7 Å². The summed E-state index contributed by atoms with van der Waals surface area (Å²) in [4.78, 5) is 28.1. The number of aryl methyl sites for hydroxylation is 1. The number of carbonyl (C=O) groups is 1. The van der Waals surface area contributed by atoms with Gasteiger partial charge < -0.3 is 9.32 Å². The minimum atomic E-state index is -0.136. The average Bonchev–Trinajstić information content (AvgIpc) is 3.40. The molecule has 0 spiro atoms. The van der Waals surface area contributed by atoms with Crippen LogP contribution in [-0.2, 0) is 6.42 Å². The van der Waals surface area contributed by atoms with Crippen LogP contribution in [0.15, 0.2) is 51.0 Å². The van der Waals surface area contributed by atoms with Crippen LogP contribution in [0.2, 0.25) is 0 Å². The normalized spacial score (nSPS) is 17.0. The summed E-state index contributed by atoms with van der Waals surface area (Å²) in [5, 5.41) is 6.58. The predicted molar refractivity (Wildman–Crippen MR) is 109 cm³/mol. The highest BCUT2D eigenvalue weighted by atomic mass is 32.1. The zero-order valence-corrected chi connectivity index (χ0v) is 16.7. The summed E-state index contributed by atoms with van der Waals surface area (Å²) < 4.78 is 7.24. The monoisotopic (exact) mass is 397 g/mol. The van der Waals surface area contributed by atoms with Crippen LogP contribution in [0.4, 0.5) is 0 Å². The molecule has 1 unspecified atom stereocenters. The number of aromatic nitrogens is 2. The van der Waals surface area contributed by atoms with E-state index in [1.807, 2.05) is 23.6 Å². The number of piperidine rings is 1. The molecule has 3 aromatic heterocycles. The van der Waals surface area contributed by atoms with Gasteiger partial charge in [0.2, 0.25) is 0 Å². The third-order valence-electron chi connectivity index (χ3n) is 5.00. The Morgan fingerprint density at radius 3 is 2.96 bits per heavy atom. The van der Waals surface area contributed by atoms with E-state index in [4.69, 9.17) is 4.42 Å². The van der Waals surface area contributed by atoms with Gasteiger partial charge in [0.25, 0.3) is 11.5 Å². The molecular weight excluding hydrogens is 374 g/mol. The van der Waals surface area contributed by atoms with Gasteiger partial charge in [-0.2, -0.15) is 5.10 Å². The second-order valence-corrected chi connectivity index (χ2v) is 7.99. The maximum atomic E-state index is 12.9. The molecule has 28 heavy (non-hydrogen) atoms. The number of hydrogen-bond donors (Lipinski definition) is 0. The van der Waals surface area contributed by atoms with E-state index >= 15 is 0 Å². The van der Waals surface area contributed by atoms with E-state index in [9.17, 15) is 9.59 Å². The molecule has 1 aliphatic rings. The number of nitrogens with zero attached hydrogens (tertiary/aromatic N) is 3. The summed E-state index contributed by atoms with van der Waals surface area (Å²) in [5.74, 6) is 1.09. The smallest absolute Gasteiger partial charge is 0.289 e. The molecule has 1 atom stereocenters. The van der Waals surface area contributed by atoms with Crippen LogP contribution in [0.1, 0.15) is 48.5 Å². The average molecular weight is 398 g/mol. The zero-order valence-electron chi connectivity index (χ0n) is 15.8. The molecule has 1 amide bonds. The van der Waals surface area contributed by atoms with E-state index < -0.39 is 0 Å². The number of rotatable bonds is 5. The van der Waals surface area contributed by atoms with E-state index in [0.29, 0.717) is 18.8 Å². The molecule has 0 saturated carbocycles. The Kier molecular flexibility index (Phi) is 5.43. The van der Waals surface area contributed by atoms with Crippen LogP contribution in [0.5, 0.6) is 0 Å². The van der Waals surface area contributed by atoms with Crippen LogP contribution in [0, 0.1) is 0 Å². The number of carbonyl (C=O) groups excluding carboxylic acids is 1. The number of amides is 1. The van der Waals surface area contributed by atoms with Crippen molar-refractivity contribution >= 4 is 17.2 Å². The van der Waals surface area contributed by atoms with E-state index in [2.05, 4.69) is 12.0 Å². The highest BCUT2D eigenvalue weighted by Crippen LogP contribution is 2.25. The second-order valence-electron chi connectivity index (χ2n) is 7.04. The fourth-order valence-electron chi connectivity index (χ4n) is 3.61. The maximum Gasteiger partial charge on any atom is 0.289 e. The molecule has 0 aliphatic carbocycles. The van der Waals surface area contributed by atoms with Crippen molar-refractivity contribution < 1.29 is 9.21 Å². The Balaban J connectivity index is 1.54. The van der Waals surface area contributed by atoms with Gasteiger partial charge in [0.05, 0.1) is 10.9 Å². The first kappa shape index (κ1) is 18.7. The molecule has 0 aromatic carbocycles. The van der Waals surface area contributed by atoms with E-state index in [-0.39, 0.29) is 17.5 Å². The van der Waals surface area contributed by atoms with Gasteiger partial charge in [-0.25, -0.2) is 4.68 Å². The zero-order chi connectivity index (χ0) is 19.5. The van der Waals surface area contributed by atoms with Crippen LogP contribution >= 0.6 is 11.3 Å². The molecule has 0 bridgehead atoms. The van der Waals surface area contributed by atoms with Crippen molar-refractivity contribution in [1.29, 1.82) is 0 Å². The second kappa shape index (κ2) is 8.14. The molecule has 3 aromatic rings. The Morgan fingerprint density at radius 2 is 2.18 bits per heavy atom. The lowest BCUT2D eigenvalue weighted by atomic mass is 10.1. The lowest BCUT2D eigenvalue weighted by molar-refractivity contribution is 0.0636. The highest BCUT2D eigenvalue weighted by Gasteiger charge is 2.28. The van der Waals surface area contributed by atoms with E-state index in [1.165, 1.54) is 0 Å². The molecule has 1 fully saturated rings. The summed E-state index contributed by atoms with van der Waals surface area (Å²) in [5.41, 5.74) is 0.649. The first-order chi connectivity index (χ1) is 13.7. The Labute approximate surface area is 167 Å². The van der Waals surface area contributed by atoms with E-state index in [1.54, 1.807) is 39.1 Å². The molecule has 1 aliphatic heterocycles. The first-order valence-corrected chi connectivity index (χ1v) is 10.6. The van der Waals surface area contributed by atoms with Gasteiger partial charge in [0, 0.05) is 25.6 Å². The van der Waals surface area contributed by atoms with E-state index in [0.717, 1.165) is 42.0 Å². The minimum absolute atomic E-state index is 0.116. The largest absolute Gasteiger partial charge is 0.456 e. The highest BCUT2D eigenvalue weighted by molar-refractivity contribution is 7.13. The standard InChI is InChI=1S/C21H23N3O3S/c1-2-5-16-8-10-18(27-16)21(26)23-12-3-6-15(14-23)24-20(25)11-9-17(22-24)19-7-4-13-28-19/h4,7-11,13,15H,2-3,5-6,12,14H2,1H3. The quantitative estimate of drug-likeness (QED) is 0.653. The minimum Gasteiger partial charge on any atom is -0.456 e. The molecule has 4 rings (SSSR count). The van der Waals surface area contributed by atoms with Crippen LogP contribution in [0.3, 0.4) is 0 Å². The SMILES string of the molecule is CCCc1ccc(C(=O)N2CCCC(n3nc(-c4cccs4)ccc3=O)C2)o1. The van der Waals surface area contributed by atoms with Crippen molar-refractivity contribution in [2.75, 3.05) is 13.1 Å². The molecular formula is C21H23N3O3S. The van der Waals surface area contributed by atoms with Gasteiger partial charge in [-0.05, 0) is 48.9 Å². The topological polar surface area (TPSA) is 68.3 Å². The van der Waals surface area contributed by atoms with Gasteiger partial charge in [-0.15, -0.1) is 11.3 Å². The number of furan rings is 1. The van der Waals surface area contributed by atoms with Crippen LogP contribution < -0.4 is 5.56 Å². The maximum absolute atomic E-state index is 12.9. The summed E-state index contributed by atoms with van der Waals surface area (Å²) in [7, 11) is 0. The summed E-state index contributed by atoms with van der Waals surface area (Å²) >= 11 is 1.59. The fraction of sp³-hybridized carbons (Fsp3) is 0.381. The molecule has 1 saturated heterocycles. The van der Waals surface area contributed by atoms with Gasteiger partial charge in [0.15, 0.2) is 5.76 Å². The van der Waals surface area contributed by atoms with Crippen molar-refractivity contribution in [3.63, 3.8) is 0 Å². The molecule has 0 N–H and O–H groups in total. The lowest BCUT2D eigenvalue weighted by Crippen LogP contribution is -2.43. The Bertz CT molecular complexity index is 1010. The predicted octanol–water partition coefficient (Wildman–Crippen LogP) is 3.99. The van der Waals surface area contributed by atoms with Gasteiger partial charge >= 0.3 is 0 Å². The molecule has 6 nitrogen and oxygen atoms in total. The Morgan fingerprint density at radius 1 is 1.29 bits per heavy atom. The third kappa shape index (κ3) is 3.80. The summed E-state index contributed by atoms with van der Waals surface area (Å²) in [6.45, 7) is 3.20. The van der Waals surface area contributed by atoms with Crippen molar-refractivity contribution in [3.8, 4) is 10.6 Å². The third-order valence-corrected chi connectivity index (χ3v) is 5.89. The molecule has 0 radical (unpaired) electrons. The summed E-state index contributed by atoms with van der Waals surface area (Å²) in [6, 6.07) is 10.8. The van der Waals surface area contributed by atoms with Crippen molar-refractivity contribution in [3.05, 3.63) is 63.7 Å². The Hall–Kier alpha value is -2.67. The first-order valence-electron chi connectivity index (χ1n) is 9.67. The number of likely N-dealkylation sites (tertiary alicyclic amines) is 1. The van der Waals surface area contributed by atoms with Crippen LogP contribution in [0.25, 0.3) is 10.6 Å². The van der Waals surface area contributed by atoms with Crippen molar-refractivity contribution in [2.45, 2.75) is 38.6 Å². The summed E-state index contributed by atoms with van der Waals surface area (Å²) in [6.07, 6.45) is 3.45. The molecule has 4 heterocycles. The van der Waals surface area contributed by atoms with Gasteiger partial charge in [-0.3, -0.25) is 9.59 Å². The number of thiophene rings is 1. The molecule has 146 valence electrons. The van der Waals surface area contributed by atoms with Crippen LogP contribution in [-0.4, -0.2) is 33.7 Å². The van der Waals surface area contributed by atoms with Gasteiger partial charge in [0.1, 0.15) is 11.5 Å². The van der Waals surface area contributed by atoms with Gasteiger partial charge in [-0.1, -0.05) is 13.0 Å².